The largest absolute Gasteiger partial charge is 0.469 e. The van der Waals surface area contributed by atoms with E-state index in [-0.39, 0.29) is 0 Å². The van der Waals surface area contributed by atoms with Crippen LogP contribution in [0.25, 0.3) is 0 Å². The van der Waals surface area contributed by atoms with Gasteiger partial charge in [-0.25, -0.2) is 0 Å². The summed E-state index contributed by atoms with van der Waals surface area (Å²) in [6, 6.07) is 9.13. The number of aryl methyl sites for hydroxylation is 1. The quantitative estimate of drug-likeness (QED) is 0.826. The number of rotatable bonds is 6. The molecule has 18 heavy (non-hydrogen) atoms. The van der Waals surface area contributed by atoms with Gasteiger partial charge in [-0.15, -0.1) is 11.3 Å². The maximum atomic E-state index is 5.34. The zero-order valence-electron chi connectivity index (χ0n) is 10.7. The highest BCUT2D eigenvalue weighted by molar-refractivity contribution is 9.11. The molecule has 0 aliphatic heterocycles. The molecule has 0 aliphatic carbocycles. The Labute approximate surface area is 121 Å². The Bertz CT molecular complexity index is 466. The van der Waals surface area contributed by atoms with Gasteiger partial charge in [0.2, 0.25) is 0 Å². The lowest BCUT2D eigenvalue weighted by molar-refractivity contribution is 0.433. The summed E-state index contributed by atoms with van der Waals surface area (Å²) in [4.78, 5) is 1.37. The third kappa shape index (κ3) is 3.97. The zero-order chi connectivity index (χ0) is 13.0. The molecule has 0 bridgehead atoms. The maximum absolute atomic E-state index is 5.34. The minimum absolute atomic E-state index is 0.396. The van der Waals surface area contributed by atoms with Crippen LogP contribution in [-0.4, -0.2) is 6.04 Å². The van der Waals surface area contributed by atoms with Gasteiger partial charge in [-0.1, -0.05) is 0 Å². The molecule has 2 aromatic heterocycles. The predicted molar refractivity (Wildman–Crippen MR) is 80.1 cm³/mol. The molecule has 0 aromatic carbocycles. The van der Waals surface area contributed by atoms with Crippen LogP contribution >= 0.6 is 27.3 Å². The van der Waals surface area contributed by atoms with Gasteiger partial charge in [0.1, 0.15) is 5.76 Å². The van der Waals surface area contributed by atoms with E-state index < -0.39 is 0 Å². The number of hydrogen-bond acceptors (Lipinski definition) is 3. The van der Waals surface area contributed by atoms with E-state index >= 15 is 0 Å². The van der Waals surface area contributed by atoms with Crippen molar-refractivity contribution in [2.75, 3.05) is 0 Å². The Hall–Kier alpha value is -0.580. The monoisotopic (exact) mass is 327 g/mol. The normalized spacial score (nSPS) is 14.6. The van der Waals surface area contributed by atoms with Crippen molar-refractivity contribution in [3.63, 3.8) is 0 Å². The Morgan fingerprint density at radius 3 is 2.78 bits per heavy atom. The first kappa shape index (κ1) is 13.8. The molecule has 0 radical (unpaired) electrons. The second kappa shape index (κ2) is 6.55. The summed E-state index contributed by atoms with van der Waals surface area (Å²) < 4.78 is 6.53. The molecular weight excluding hydrogens is 310 g/mol. The van der Waals surface area contributed by atoms with Crippen molar-refractivity contribution in [2.24, 2.45) is 0 Å². The lowest BCUT2D eigenvalue weighted by atomic mass is 10.1. The predicted octanol–water partition coefficient (Wildman–Crippen LogP) is 4.78. The summed E-state index contributed by atoms with van der Waals surface area (Å²) in [5, 5.41) is 3.62. The fourth-order valence-electron chi connectivity index (χ4n) is 1.97. The molecule has 2 rings (SSSR count). The number of nitrogens with one attached hydrogen (secondary N) is 1. The fourth-order valence-corrected chi connectivity index (χ4v) is 3.40. The Balaban J connectivity index is 1.78. The van der Waals surface area contributed by atoms with Crippen molar-refractivity contribution >= 4 is 27.3 Å². The lowest BCUT2D eigenvalue weighted by Crippen LogP contribution is -2.28. The Morgan fingerprint density at radius 1 is 1.33 bits per heavy atom. The van der Waals surface area contributed by atoms with Gasteiger partial charge in [-0.05, 0) is 60.5 Å². The Morgan fingerprint density at radius 2 is 2.17 bits per heavy atom. The second-order valence-corrected chi connectivity index (χ2v) is 7.04. The average molecular weight is 328 g/mol. The minimum Gasteiger partial charge on any atom is -0.469 e. The van der Waals surface area contributed by atoms with Gasteiger partial charge in [0, 0.05) is 23.4 Å². The highest BCUT2D eigenvalue weighted by atomic mass is 79.9. The van der Waals surface area contributed by atoms with Crippen LogP contribution in [-0.2, 0) is 6.42 Å². The molecule has 0 fully saturated rings. The van der Waals surface area contributed by atoms with Crippen molar-refractivity contribution in [1.29, 1.82) is 0 Å². The standard InChI is InChI=1S/C14H18BrNOS/c1-10(5-6-12-4-3-9-17-12)16-11(2)13-7-8-14(15)18-13/h3-4,7-11,16H,5-6H2,1-2H3. The Kier molecular flexibility index (Phi) is 5.03. The third-order valence-electron chi connectivity index (χ3n) is 2.96. The number of furan rings is 1. The molecule has 2 atom stereocenters. The fraction of sp³-hybridized carbons (Fsp3) is 0.429. The first-order chi connectivity index (χ1) is 8.65. The molecule has 2 heterocycles. The topological polar surface area (TPSA) is 25.2 Å². The van der Waals surface area contributed by atoms with Gasteiger partial charge in [0.05, 0.1) is 10.0 Å². The van der Waals surface area contributed by atoms with Crippen LogP contribution in [0, 0.1) is 0 Å². The van der Waals surface area contributed by atoms with Gasteiger partial charge in [-0.2, -0.15) is 0 Å². The molecule has 0 amide bonds. The maximum Gasteiger partial charge on any atom is 0.103 e. The van der Waals surface area contributed by atoms with E-state index in [4.69, 9.17) is 4.42 Å². The molecule has 2 nitrogen and oxygen atoms in total. The van der Waals surface area contributed by atoms with E-state index in [1.165, 1.54) is 8.66 Å². The van der Waals surface area contributed by atoms with Crippen molar-refractivity contribution in [3.05, 3.63) is 45.0 Å². The van der Waals surface area contributed by atoms with Crippen LogP contribution in [0.3, 0.4) is 0 Å². The van der Waals surface area contributed by atoms with Crippen LogP contribution in [0.15, 0.2) is 38.7 Å². The first-order valence-corrected chi connectivity index (χ1v) is 7.80. The van der Waals surface area contributed by atoms with Crippen LogP contribution < -0.4 is 5.32 Å². The number of hydrogen-bond donors (Lipinski definition) is 1. The molecule has 0 saturated carbocycles. The number of halogens is 1. The van der Waals surface area contributed by atoms with Crippen LogP contribution in [0.4, 0.5) is 0 Å². The van der Waals surface area contributed by atoms with Gasteiger partial charge >= 0.3 is 0 Å². The molecule has 4 heteroatoms. The molecule has 1 N–H and O–H groups in total. The summed E-state index contributed by atoms with van der Waals surface area (Å²) >= 11 is 5.29. The van der Waals surface area contributed by atoms with Crippen molar-refractivity contribution < 1.29 is 4.42 Å². The van der Waals surface area contributed by atoms with E-state index in [0.29, 0.717) is 12.1 Å². The minimum atomic E-state index is 0.396. The summed E-state index contributed by atoms with van der Waals surface area (Å²) in [6.07, 6.45) is 3.81. The SMILES string of the molecule is CC(CCc1ccco1)NC(C)c1ccc(Br)s1. The number of thiophene rings is 1. The van der Waals surface area contributed by atoms with E-state index in [0.717, 1.165) is 18.6 Å². The van der Waals surface area contributed by atoms with E-state index in [2.05, 4.69) is 47.2 Å². The molecule has 2 aromatic rings. The first-order valence-electron chi connectivity index (χ1n) is 6.19. The van der Waals surface area contributed by atoms with Crippen LogP contribution in [0.5, 0.6) is 0 Å². The smallest absolute Gasteiger partial charge is 0.103 e. The lowest BCUT2D eigenvalue weighted by Gasteiger charge is -2.18. The van der Waals surface area contributed by atoms with Gasteiger partial charge < -0.3 is 9.73 Å². The van der Waals surface area contributed by atoms with E-state index in [1.54, 1.807) is 17.6 Å². The van der Waals surface area contributed by atoms with Crippen molar-refractivity contribution in [2.45, 2.75) is 38.8 Å². The molecule has 0 saturated heterocycles. The van der Waals surface area contributed by atoms with Crippen LogP contribution in [0.1, 0.15) is 36.9 Å². The van der Waals surface area contributed by atoms with Gasteiger partial charge in [-0.3, -0.25) is 0 Å². The van der Waals surface area contributed by atoms with Crippen molar-refractivity contribution in [3.8, 4) is 0 Å². The molecule has 2 unspecified atom stereocenters. The highest BCUT2D eigenvalue weighted by Gasteiger charge is 2.11. The van der Waals surface area contributed by atoms with Crippen molar-refractivity contribution in [1.82, 2.24) is 5.32 Å². The van der Waals surface area contributed by atoms with E-state index in [9.17, 15) is 0 Å². The van der Waals surface area contributed by atoms with Crippen LogP contribution in [0.2, 0.25) is 0 Å². The van der Waals surface area contributed by atoms with E-state index in [1.807, 2.05) is 12.1 Å². The average Bonchev–Trinajstić information content (AvgIpc) is 2.97. The highest BCUT2D eigenvalue weighted by Crippen LogP contribution is 2.27. The zero-order valence-corrected chi connectivity index (χ0v) is 13.1. The molecular formula is C14H18BrNOS. The second-order valence-electron chi connectivity index (χ2n) is 4.55. The van der Waals surface area contributed by atoms with Gasteiger partial charge in [0.25, 0.3) is 0 Å². The summed E-state index contributed by atoms with van der Waals surface area (Å²) in [7, 11) is 0. The summed E-state index contributed by atoms with van der Waals surface area (Å²) in [5.41, 5.74) is 0. The molecule has 0 aliphatic rings. The molecule has 98 valence electrons. The summed E-state index contributed by atoms with van der Waals surface area (Å²) in [5.74, 6) is 1.06. The summed E-state index contributed by atoms with van der Waals surface area (Å²) in [6.45, 7) is 4.43. The third-order valence-corrected chi connectivity index (χ3v) is 4.77. The molecule has 0 spiro atoms. The van der Waals surface area contributed by atoms with Gasteiger partial charge in [0.15, 0.2) is 0 Å².